The Morgan fingerprint density at radius 3 is 2.56 bits per heavy atom. The first-order valence-corrected chi connectivity index (χ1v) is 5.05. The van der Waals surface area contributed by atoms with E-state index in [2.05, 4.69) is 5.32 Å². The number of hydrogen-bond donors (Lipinski definition) is 1. The fraction of sp³-hybridized carbons (Fsp3) is 0.455. The molecule has 0 saturated carbocycles. The lowest BCUT2D eigenvalue weighted by Crippen LogP contribution is -2.21. The summed E-state index contributed by atoms with van der Waals surface area (Å²) in [5, 5.41) is 2.31. The van der Waals surface area contributed by atoms with Crippen molar-refractivity contribution < 1.29 is 17.9 Å². The van der Waals surface area contributed by atoms with Gasteiger partial charge in [0.1, 0.15) is 12.3 Å². The Morgan fingerprint density at radius 2 is 1.94 bits per heavy atom. The van der Waals surface area contributed by atoms with Gasteiger partial charge < -0.3 is 10.1 Å². The number of alkyl halides is 3. The molecule has 5 heteroatoms. The summed E-state index contributed by atoms with van der Waals surface area (Å²) >= 11 is 0. The molecule has 0 radical (unpaired) electrons. The van der Waals surface area contributed by atoms with E-state index in [9.17, 15) is 13.2 Å². The van der Waals surface area contributed by atoms with Gasteiger partial charge in [0, 0.05) is 0 Å². The van der Waals surface area contributed by atoms with Crippen molar-refractivity contribution in [1.82, 2.24) is 0 Å². The first kappa shape index (κ1) is 12.7. The third-order valence-corrected chi connectivity index (χ3v) is 1.83. The van der Waals surface area contributed by atoms with Crippen molar-refractivity contribution >= 4 is 5.69 Å². The average molecular weight is 233 g/mol. The summed E-state index contributed by atoms with van der Waals surface area (Å²) in [6.07, 6.45) is -3.41. The van der Waals surface area contributed by atoms with E-state index in [-0.39, 0.29) is 0 Å². The van der Waals surface area contributed by atoms with E-state index in [1.807, 2.05) is 6.92 Å². The van der Waals surface area contributed by atoms with Crippen molar-refractivity contribution in [2.24, 2.45) is 0 Å². The number of hydrogen-bond acceptors (Lipinski definition) is 2. The highest BCUT2D eigenvalue weighted by molar-refractivity contribution is 5.56. The van der Waals surface area contributed by atoms with E-state index in [0.29, 0.717) is 18.0 Å². The number of rotatable bonds is 5. The molecule has 0 saturated heterocycles. The van der Waals surface area contributed by atoms with E-state index in [1.54, 1.807) is 24.3 Å². The summed E-state index contributed by atoms with van der Waals surface area (Å²) in [5.41, 5.74) is 0.369. The average Bonchev–Trinajstić information content (AvgIpc) is 2.23. The molecule has 1 rings (SSSR count). The zero-order valence-corrected chi connectivity index (χ0v) is 8.97. The smallest absolute Gasteiger partial charge is 0.405 e. The lowest BCUT2D eigenvalue weighted by atomic mass is 10.3. The maximum Gasteiger partial charge on any atom is 0.405 e. The maximum atomic E-state index is 12.0. The fourth-order valence-electron chi connectivity index (χ4n) is 1.15. The molecule has 16 heavy (non-hydrogen) atoms. The number of benzene rings is 1. The molecule has 0 aliphatic heterocycles. The number of para-hydroxylation sites is 2. The summed E-state index contributed by atoms with van der Waals surface area (Å²) < 4.78 is 41.4. The Balaban J connectivity index is 2.63. The minimum Gasteiger partial charge on any atom is -0.491 e. The molecule has 1 aromatic carbocycles. The van der Waals surface area contributed by atoms with Crippen molar-refractivity contribution in [2.45, 2.75) is 19.5 Å². The van der Waals surface area contributed by atoms with Gasteiger partial charge in [-0.1, -0.05) is 19.1 Å². The predicted molar refractivity (Wildman–Crippen MR) is 56.8 cm³/mol. The minimum absolute atomic E-state index is 0.369. The Morgan fingerprint density at radius 1 is 1.25 bits per heavy atom. The van der Waals surface area contributed by atoms with Crippen LogP contribution in [0.25, 0.3) is 0 Å². The molecule has 0 amide bonds. The van der Waals surface area contributed by atoms with Crippen molar-refractivity contribution in [1.29, 1.82) is 0 Å². The molecule has 0 spiro atoms. The van der Waals surface area contributed by atoms with Gasteiger partial charge in [-0.2, -0.15) is 13.2 Å². The molecule has 0 aliphatic rings. The first-order valence-electron chi connectivity index (χ1n) is 5.05. The van der Waals surface area contributed by atoms with Gasteiger partial charge >= 0.3 is 6.18 Å². The molecule has 1 N–H and O–H groups in total. The third-order valence-electron chi connectivity index (χ3n) is 1.83. The Kier molecular flexibility index (Phi) is 4.46. The van der Waals surface area contributed by atoms with Crippen LogP contribution in [0.4, 0.5) is 18.9 Å². The largest absolute Gasteiger partial charge is 0.491 e. The van der Waals surface area contributed by atoms with E-state index >= 15 is 0 Å². The van der Waals surface area contributed by atoms with Crippen LogP contribution in [0, 0.1) is 0 Å². The topological polar surface area (TPSA) is 21.3 Å². The second kappa shape index (κ2) is 5.63. The predicted octanol–water partition coefficient (Wildman–Crippen LogP) is 3.45. The molecule has 0 atom stereocenters. The summed E-state index contributed by atoms with van der Waals surface area (Å²) in [6, 6.07) is 6.60. The molecular formula is C11H14F3NO. The zero-order chi connectivity index (χ0) is 12.0. The number of nitrogens with one attached hydrogen (secondary N) is 1. The highest BCUT2D eigenvalue weighted by Gasteiger charge is 2.26. The van der Waals surface area contributed by atoms with E-state index in [4.69, 9.17) is 4.74 Å². The van der Waals surface area contributed by atoms with Gasteiger partial charge in [-0.15, -0.1) is 0 Å². The van der Waals surface area contributed by atoms with E-state index in [1.165, 1.54) is 0 Å². The number of ether oxygens (including phenoxy) is 1. The molecule has 0 heterocycles. The van der Waals surface area contributed by atoms with Crippen molar-refractivity contribution in [3.05, 3.63) is 24.3 Å². The van der Waals surface area contributed by atoms with Gasteiger partial charge in [-0.25, -0.2) is 0 Å². The highest BCUT2D eigenvalue weighted by atomic mass is 19.4. The minimum atomic E-state index is -4.22. The second-order valence-corrected chi connectivity index (χ2v) is 3.31. The van der Waals surface area contributed by atoms with Gasteiger partial charge in [0.15, 0.2) is 0 Å². The molecule has 1 aromatic rings. The SMILES string of the molecule is CCCOc1ccccc1NCC(F)(F)F. The van der Waals surface area contributed by atoms with Crippen LogP contribution in [0.2, 0.25) is 0 Å². The molecule has 0 aliphatic carbocycles. The van der Waals surface area contributed by atoms with Crippen LogP contribution in [0.5, 0.6) is 5.75 Å². The van der Waals surface area contributed by atoms with Crippen LogP contribution >= 0.6 is 0 Å². The normalized spacial score (nSPS) is 11.2. The van der Waals surface area contributed by atoms with E-state index in [0.717, 1.165) is 6.42 Å². The zero-order valence-electron chi connectivity index (χ0n) is 8.97. The molecular weight excluding hydrogens is 219 g/mol. The van der Waals surface area contributed by atoms with Crippen LogP contribution in [0.1, 0.15) is 13.3 Å². The molecule has 0 bridgehead atoms. The molecule has 0 aromatic heterocycles. The summed E-state index contributed by atoms with van der Waals surface area (Å²) in [4.78, 5) is 0. The van der Waals surface area contributed by atoms with Gasteiger partial charge in [0.05, 0.1) is 12.3 Å². The van der Waals surface area contributed by atoms with Crippen molar-refractivity contribution in [3.8, 4) is 5.75 Å². The van der Waals surface area contributed by atoms with Gasteiger partial charge in [0.25, 0.3) is 0 Å². The fourth-order valence-corrected chi connectivity index (χ4v) is 1.15. The van der Waals surface area contributed by atoms with Crippen LogP contribution < -0.4 is 10.1 Å². The van der Waals surface area contributed by atoms with Crippen molar-refractivity contribution in [2.75, 3.05) is 18.5 Å². The highest BCUT2D eigenvalue weighted by Crippen LogP contribution is 2.25. The maximum absolute atomic E-state index is 12.0. The van der Waals surface area contributed by atoms with Crippen LogP contribution in [0.3, 0.4) is 0 Å². The standard InChI is InChI=1S/C11H14F3NO/c1-2-7-16-10-6-4-3-5-9(10)15-8-11(12,13)14/h3-6,15H,2,7-8H2,1H3. The van der Waals surface area contributed by atoms with Crippen LogP contribution in [-0.2, 0) is 0 Å². The van der Waals surface area contributed by atoms with Crippen molar-refractivity contribution in [3.63, 3.8) is 0 Å². The number of anilines is 1. The quantitative estimate of drug-likeness (QED) is 0.841. The molecule has 90 valence electrons. The summed E-state index contributed by atoms with van der Waals surface area (Å²) in [7, 11) is 0. The third kappa shape index (κ3) is 4.42. The first-order chi connectivity index (χ1) is 7.53. The molecule has 0 fully saturated rings. The molecule has 0 unspecified atom stereocenters. The monoisotopic (exact) mass is 233 g/mol. The second-order valence-electron chi connectivity index (χ2n) is 3.31. The van der Waals surface area contributed by atoms with Gasteiger partial charge in [-0.05, 0) is 18.6 Å². The molecule has 2 nitrogen and oxygen atoms in total. The lowest BCUT2D eigenvalue weighted by molar-refractivity contribution is -0.115. The summed E-state index contributed by atoms with van der Waals surface area (Å²) in [6.45, 7) is 1.37. The van der Waals surface area contributed by atoms with Crippen LogP contribution in [0.15, 0.2) is 24.3 Å². The van der Waals surface area contributed by atoms with Crippen LogP contribution in [-0.4, -0.2) is 19.3 Å². The Hall–Kier alpha value is -1.39. The lowest BCUT2D eigenvalue weighted by Gasteiger charge is -2.13. The Bertz CT molecular complexity index is 325. The summed E-state index contributed by atoms with van der Waals surface area (Å²) in [5.74, 6) is 0.452. The Labute approximate surface area is 92.4 Å². The number of halogens is 3. The van der Waals surface area contributed by atoms with Gasteiger partial charge in [-0.3, -0.25) is 0 Å². The van der Waals surface area contributed by atoms with Gasteiger partial charge in [0.2, 0.25) is 0 Å². The van der Waals surface area contributed by atoms with E-state index < -0.39 is 12.7 Å².